The lowest BCUT2D eigenvalue weighted by atomic mass is 9.88. The Morgan fingerprint density at radius 3 is 2.55 bits per heavy atom. The largest absolute Gasteiger partial charge is 0.293 e. The zero-order valence-corrected chi connectivity index (χ0v) is 11.1. The fourth-order valence-corrected chi connectivity index (χ4v) is 2.09. The maximum Gasteiger partial charge on any atom is 0.171 e. The molecule has 0 N–H and O–H groups in total. The first kappa shape index (κ1) is 14.0. The Kier molecular flexibility index (Phi) is 4.27. The minimum atomic E-state index is -0.552. The molecule has 20 heavy (non-hydrogen) atoms. The number of Topliss-reactive ketones (excluding diaryl/α,β-unsaturated/α-hetero) is 1. The molecule has 1 unspecified atom stereocenters. The third-order valence-electron chi connectivity index (χ3n) is 3.27. The fraction of sp³-hybridized carbons (Fsp3) is 0.176. The van der Waals surface area contributed by atoms with Crippen LogP contribution in [0.4, 0.5) is 4.39 Å². The van der Waals surface area contributed by atoms with Gasteiger partial charge in [0.05, 0.1) is 12.0 Å². The van der Waals surface area contributed by atoms with Crippen LogP contribution < -0.4 is 0 Å². The fourth-order valence-electron chi connectivity index (χ4n) is 2.09. The van der Waals surface area contributed by atoms with Crippen molar-refractivity contribution in [2.24, 2.45) is 0 Å². The topological polar surface area (TPSA) is 40.9 Å². The quantitative estimate of drug-likeness (QED) is 0.785. The van der Waals surface area contributed by atoms with Crippen LogP contribution in [0.25, 0.3) is 0 Å². The van der Waals surface area contributed by atoms with Gasteiger partial charge in [0.2, 0.25) is 0 Å². The van der Waals surface area contributed by atoms with Gasteiger partial charge in [-0.3, -0.25) is 4.79 Å². The highest BCUT2D eigenvalue weighted by atomic mass is 19.1. The SMILES string of the molecule is Cc1ccc(C(=O)C(CC#N)c2ccccc2)cc1F. The van der Waals surface area contributed by atoms with Crippen molar-refractivity contribution in [3.05, 3.63) is 71.0 Å². The van der Waals surface area contributed by atoms with Crippen molar-refractivity contribution in [2.45, 2.75) is 19.3 Å². The summed E-state index contributed by atoms with van der Waals surface area (Å²) in [5.74, 6) is -1.18. The number of rotatable bonds is 4. The van der Waals surface area contributed by atoms with Crippen molar-refractivity contribution in [1.82, 2.24) is 0 Å². The number of hydrogen-bond donors (Lipinski definition) is 0. The molecule has 0 saturated heterocycles. The molecular formula is C17H14FNO. The zero-order chi connectivity index (χ0) is 14.5. The van der Waals surface area contributed by atoms with Crippen LogP contribution in [0.5, 0.6) is 0 Å². The Morgan fingerprint density at radius 2 is 1.95 bits per heavy atom. The second kappa shape index (κ2) is 6.12. The van der Waals surface area contributed by atoms with E-state index in [1.54, 1.807) is 19.1 Å². The summed E-state index contributed by atoms with van der Waals surface area (Å²) < 4.78 is 13.6. The number of aryl methyl sites for hydroxylation is 1. The van der Waals surface area contributed by atoms with Gasteiger partial charge < -0.3 is 0 Å². The highest BCUT2D eigenvalue weighted by Crippen LogP contribution is 2.24. The van der Waals surface area contributed by atoms with Crippen LogP contribution in [-0.4, -0.2) is 5.78 Å². The molecule has 0 fully saturated rings. The average Bonchev–Trinajstić information content (AvgIpc) is 2.48. The van der Waals surface area contributed by atoms with E-state index in [9.17, 15) is 9.18 Å². The van der Waals surface area contributed by atoms with Gasteiger partial charge in [-0.2, -0.15) is 5.26 Å². The molecule has 0 aromatic heterocycles. The molecule has 2 rings (SSSR count). The molecule has 0 spiro atoms. The first-order valence-electron chi connectivity index (χ1n) is 6.35. The van der Waals surface area contributed by atoms with Gasteiger partial charge >= 0.3 is 0 Å². The summed E-state index contributed by atoms with van der Waals surface area (Å²) in [6, 6.07) is 15.6. The van der Waals surface area contributed by atoms with Gasteiger partial charge in [0, 0.05) is 12.0 Å². The van der Waals surface area contributed by atoms with Gasteiger partial charge in [0.25, 0.3) is 0 Å². The van der Waals surface area contributed by atoms with Crippen LogP contribution in [0.1, 0.15) is 33.8 Å². The third-order valence-corrected chi connectivity index (χ3v) is 3.27. The Hall–Kier alpha value is -2.47. The number of ketones is 1. The normalized spacial score (nSPS) is 11.7. The predicted molar refractivity (Wildman–Crippen MR) is 74.9 cm³/mol. The molecule has 0 aliphatic rings. The lowest BCUT2D eigenvalue weighted by Crippen LogP contribution is -2.13. The van der Waals surface area contributed by atoms with Gasteiger partial charge in [0.15, 0.2) is 5.78 Å². The van der Waals surface area contributed by atoms with E-state index in [2.05, 4.69) is 0 Å². The van der Waals surface area contributed by atoms with E-state index in [1.165, 1.54) is 6.07 Å². The van der Waals surface area contributed by atoms with E-state index in [0.717, 1.165) is 5.56 Å². The molecule has 2 aromatic rings. The second-order valence-corrected chi connectivity index (χ2v) is 4.65. The van der Waals surface area contributed by atoms with Crippen LogP contribution in [0.15, 0.2) is 48.5 Å². The second-order valence-electron chi connectivity index (χ2n) is 4.65. The summed E-state index contributed by atoms with van der Waals surface area (Å²) in [7, 11) is 0. The summed E-state index contributed by atoms with van der Waals surface area (Å²) >= 11 is 0. The van der Waals surface area contributed by atoms with E-state index in [4.69, 9.17) is 5.26 Å². The maximum atomic E-state index is 13.6. The molecule has 100 valence electrons. The molecule has 0 heterocycles. The molecule has 3 heteroatoms. The van der Waals surface area contributed by atoms with Crippen molar-refractivity contribution in [3.63, 3.8) is 0 Å². The van der Waals surface area contributed by atoms with Crippen molar-refractivity contribution in [3.8, 4) is 6.07 Å². The maximum absolute atomic E-state index is 13.6. The van der Waals surface area contributed by atoms with E-state index < -0.39 is 11.7 Å². The number of nitrogens with zero attached hydrogens (tertiary/aromatic N) is 1. The lowest BCUT2D eigenvalue weighted by molar-refractivity contribution is 0.0960. The van der Waals surface area contributed by atoms with E-state index in [-0.39, 0.29) is 12.2 Å². The number of hydrogen-bond acceptors (Lipinski definition) is 2. The van der Waals surface area contributed by atoms with Crippen molar-refractivity contribution in [1.29, 1.82) is 5.26 Å². The summed E-state index contributed by atoms with van der Waals surface area (Å²) in [6.45, 7) is 1.65. The van der Waals surface area contributed by atoms with E-state index >= 15 is 0 Å². The molecule has 0 aliphatic heterocycles. The molecule has 0 amide bonds. The highest BCUT2D eigenvalue weighted by Gasteiger charge is 2.22. The van der Waals surface area contributed by atoms with Crippen LogP contribution in [0.2, 0.25) is 0 Å². The average molecular weight is 267 g/mol. The zero-order valence-electron chi connectivity index (χ0n) is 11.1. The molecule has 0 bridgehead atoms. The number of halogens is 1. The number of nitriles is 1. The van der Waals surface area contributed by atoms with Crippen LogP contribution in [0, 0.1) is 24.1 Å². The Labute approximate surface area is 117 Å². The van der Waals surface area contributed by atoms with Gasteiger partial charge in [-0.25, -0.2) is 4.39 Å². The molecule has 1 atom stereocenters. The molecular weight excluding hydrogens is 253 g/mol. The summed E-state index contributed by atoms with van der Waals surface area (Å²) in [5, 5.41) is 8.92. The monoisotopic (exact) mass is 267 g/mol. The lowest BCUT2D eigenvalue weighted by Gasteiger charge is -2.13. The predicted octanol–water partition coefficient (Wildman–Crippen LogP) is 4.01. The third kappa shape index (κ3) is 2.92. The first-order chi connectivity index (χ1) is 9.63. The van der Waals surface area contributed by atoms with Gasteiger partial charge in [-0.15, -0.1) is 0 Å². The molecule has 0 aliphatic carbocycles. The number of carbonyl (C=O) groups is 1. The standard InChI is InChI=1S/C17H14FNO/c1-12-7-8-14(11-16(12)18)17(20)15(9-10-19)13-5-3-2-4-6-13/h2-8,11,15H,9H2,1H3. The minimum absolute atomic E-state index is 0.0817. The summed E-state index contributed by atoms with van der Waals surface area (Å²) in [5.41, 5.74) is 1.58. The first-order valence-corrected chi connectivity index (χ1v) is 6.35. The Morgan fingerprint density at radius 1 is 1.25 bits per heavy atom. The molecule has 0 radical (unpaired) electrons. The molecule has 2 nitrogen and oxygen atoms in total. The van der Waals surface area contributed by atoms with Crippen molar-refractivity contribution < 1.29 is 9.18 Å². The van der Waals surface area contributed by atoms with Crippen LogP contribution in [-0.2, 0) is 0 Å². The van der Waals surface area contributed by atoms with Gasteiger partial charge in [0.1, 0.15) is 5.82 Å². The highest BCUT2D eigenvalue weighted by molar-refractivity contribution is 6.01. The number of benzene rings is 2. The summed E-state index contributed by atoms with van der Waals surface area (Å²) in [4.78, 5) is 12.5. The Bertz CT molecular complexity index is 658. The van der Waals surface area contributed by atoms with E-state index in [0.29, 0.717) is 11.1 Å². The van der Waals surface area contributed by atoms with Crippen molar-refractivity contribution >= 4 is 5.78 Å². The summed E-state index contributed by atoms with van der Waals surface area (Å²) in [6.07, 6.45) is 0.0817. The van der Waals surface area contributed by atoms with Crippen LogP contribution in [0.3, 0.4) is 0 Å². The minimum Gasteiger partial charge on any atom is -0.293 e. The molecule has 2 aromatic carbocycles. The smallest absolute Gasteiger partial charge is 0.171 e. The Balaban J connectivity index is 2.37. The van der Waals surface area contributed by atoms with Crippen LogP contribution >= 0.6 is 0 Å². The number of carbonyl (C=O) groups excluding carboxylic acids is 1. The van der Waals surface area contributed by atoms with Gasteiger partial charge in [-0.1, -0.05) is 42.5 Å². The van der Waals surface area contributed by atoms with Crippen molar-refractivity contribution in [2.75, 3.05) is 0 Å². The van der Waals surface area contributed by atoms with Gasteiger partial charge in [-0.05, 0) is 24.1 Å². The van der Waals surface area contributed by atoms with E-state index in [1.807, 2.05) is 36.4 Å². The molecule has 0 saturated carbocycles.